The van der Waals surface area contributed by atoms with Crippen LogP contribution in [0.5, 0.6) is 0 Å². The third-order valence-electron chi connectivity index (χ3n) is 0.506. The van der Waals surface area contributed by atoms with Crippen LogP contribution in [0.25, 0.3) is 0 Å². The molecule has 0 heterocycles. The molecule has 0 atom stereocenters. The average Bonchev–Trinajstić information content (AvgIpc) is 1.65. The molecule has 2 nitrogen and oxygen atoms in total. The number of amides is 1. The van der Waals surface area contributed by atoms with Gasteiger partial charge in [-0.05, 0) is 0 Å². The maximum Gasteiger partial charge on any atom is 0.279 e. The Morgan fingerprint density at radius 2 is 2.43 bits per heavy atom. The summed E-state index contributed by atoms with van der Waals surface area (Å²) in [5, 5.41) is -0.310. The van der Waals surface area contributed by atoms with E-state index in [1.54, 1.807) is 7.05 Å². The number of carbonyl (C=O) groups excluding carboxylic acids is 1. The molecule has 0 fully saturated rings. The van der Waals surface area contributed by atoms with Gasteiger partial charge in [-0.25, -0.2) is 0 Å². The lowest BCUT2D eigenvalue weighted by atomic mass is 11.0. The number of thiol groups is 1. The van der Waals surface area contributed by atoms with Crippen molar-refractivity contribution in [2.24, 2.45) is 0 Å². The number of rotatable bonds is 1. The predicted octanol–water partition coefficient (Wildman–Crippen LogP) is 1.16. The van der Waals surface area contributed by atoms with Gasteiger partial charge in [-0.2, -0.15) is 0 Å². The molecule has 0 aliphatic heterocycles. The van der Waals surface area contributed by atoms with Gasteiger partial charge in [0.1, 0.15) is 0 Å². The molecule has 0 unspecified atom stereocenters. The van der Waals surface area contributed by atoms with Crippen LogP contribution in [0.3, 0.4) is 0 Å². The zero-order chi connectivity index (χ0) is 5.86. The van der Waals surface area contributed by atoms with Crippen LogP contribution in [-0.4, -0.2) is 23.2 Å². The molecular formula is C3H6ClNOS. The van der Waals surface area contributed by atoms with Gasteiger partial charge in [0.05, 0.1) is 6.00 Å². The SMILES string of the molecule is CN(CCl)C(=O)S. The van der Waals surface area contributed by atoms with Crippen LogP contribution in [0.4, 0.5) is 4.79 Å². The van der Waals surface area contributed by atoms with E-state index in [2.05, 4.69) is 12.6 Å². The molecule has 0 spiro atoms. The minimum Gasteiger partial charge on any atom is -0.323 e. The average molecular weight is 140 g/mol. The number of carbonyl (C=O) groups is 1. The summed E-state index contributed by atoms with van der Waals surface area (Å²) >= 11 is 8.68. The number of hydrogen-bond donors (Lipinski definition) is 1. The van der Waals surface area contributed by atoms with Gasteiger partial charge in [0.15, 0.2) is 0 Å². The topological polar surface area (TPSA) is 20.3 Å². The van der Waals surface area contributed by atoms with Gasteiger partial charge in [0, 0.05) is 7.05 Å². The lowest BCUT2D eigenvalue weighted by Crippen LogP contribution is -2.18. The molecule has 0 rings (SSSR count). The zero-order valence-electron chi connectivity index (χ0n) is 3.89. The van der Waals surface area contributed by atoms with Crippen LogP contribution in [-0.2, 0) is 0 Å². The molecule has 0 N–H and O–H groups in total. The van der Waals surface area contributed by atoms with Gasteiger partial charge in [0.25, 0.3) is 5.24 Å². The van der Waals surface area contributed by atoms with E-state index in [0.717, 1.165) is 0 Å². The van der Waals surface area contributed by atoms with Crippen molar-refractivity contribution in [3.63, 3.8) is 0 Å². The maximum absolute atomic E-state index is 10.1. The van der Waals surface area contributed by atoms with Gasteiger partial charge in [0.2, 0.25) is 0 Å². The zero-order valence-corrected chi connectivity index (χ0v) is 5.54. The van der Waals surface area contributed by atoms with Crippen molar-refractivity contribution in [1.82, 2.24) is 4.90 Å². The smallest absolute Gasteiger partial charge is 0.279 e. The van der Waals surface area contributed by atoms with E-state index < -0.39 is 0 Å². The molecule has 4 heteroatoms. The molecule has 0 aliphatic carbocycles. The molecule has 0 aliphatic rings. The van der Waals surface area contributed by atoms with Crippen LogP contribution in [0.1, 0.15) is 0 Å². The lowest BCUT2D eigenvalue weighted by molar-refractivity contribution is 0.240. The first-order chi connectivity index (χ1) is 3.18. The van der Waals surface area contributed by atoms with Crippen molar-refractivity contribution in [1.29, 1.82) is 0 Å². The van der Waals surface area contributed by atoms with Crippen LogP contribution < -0.4 is 0 Å². The standard InChI is InChI=1S/C3H6ClNOS/c1-5(2-4)3(6)7/h2H2,1H3,(H,6,7). The summed E-state index contributed by atoms with van der Waals surface area (Å²) < 4.78 is 0. The van der Waals surface area contributed by atoms with E-state index in [1.165, 1.54) is 4.90 Å². The molecule has 42 valence electrons. The van der Waals surface area contributed by atoms with E-state index in [0.29, 0.717) is 0 Å². The molecule has 0 aromatic carbocycles. The quantitative estimate of drug-likeness (QED) is 0.329. The Bertz CT molecular complexity index is 77.3. The maximum atomic E-state index is 10.1. The molecule has 0 aromatic rings. The first-order valence-corrected chi connectivity index (χ1v) is 2.66. The molecule has 1 amide bonds. The van der Waals surface area contributed by atoms with Crippen LogP contribution in [0.15, 0.2) is 0 Å². The van der Waals surface area contributed by atoms with Crippen molar-refractivity contribution < 1.29 is 4.79 Å². The molecule has 0 radical (unpaired) electrons. The van der Waals surface area contributed by atoms with E-state index in [4.69, 9.17) is 11.6 Å². The summed E-state index contributed by atoms with van der Waals surface area (Å²) in [6, 6.07) is 0.197. The number of alkyl halides is 1. The summed E-state index contributed by atoms with van der Waals surface area (Å²) in [5.74, 6) is 0. The molecule has 0 aromatic heterocycles. The fraction of sp³-hybridized carbons (Fsp3) is 0.667. The normalized spacial score (nSPS) is 8.43. The summed E-state index contributed by atoms with van der Waals surface area (Å²) in [5.41, 5.74) is 0. The van der Waals surface area contributed by atoms with Crippen LogP contribution >= 0.6 is 24.2 Å². The van der Waals surface area contributed by atoms with E-state index in [1.807, 2.05) is 0 Å². The van der Waals surface area contributed by atoms with Gasteiger partial charge >= 0.3 is 0 Å². The van der Waals surface area contributed by atoms with Gasteiger partial charge in [-0.15, -0.1) is 11.6 Å². The second kappa shape index (κ2) is 3.16. The predicted molar refractivity (Wildman–Crippen MR) is 32.9 cm³/mol. The van der Waals surface area contributed by atoms with Crippen molar-refractivity contribution in [3.05, 3.63) is 0 Å². The number of nitrogens with zero attached hydrogens (tertiary/aromatic N) is 1. The highest BCUT2D eigenvalue weighted by Crippen LogP contribution is 1.91. The highest BCUT2D eigenvalue weighted by atomic mass is 35.5. The minimum absolute atomic E-state index is 0.197. The van der Waals surface area contributed by atoms with Crippen molar-refractivity contribution >= 4 is 29.5 Å². The minimum atomic E-state index is -0.310. The van der Waals surface area contributed by atoms with Crippen LogP contribution in [0, 0.1) is 0 Å². The van der Waals surface area contributed by atoms with Crippen molar-refractivity contribution in [2.45, 2.75) is 0 Å². The first kappa shape index (κ1) is 7.11. The molecule has 0 bridgehead atoms. The third-order valence-corrected chi connectivity index (χ3v) is 1.21. The Morgan fingerprint density at radius 3 is 2.43 bits per heavy atom. The van der Waals surface area contributed by atoms with Crippen LogP contribution in [0.2, 0.25) is 0 Å². The summed E-state index contributed by atoms with van der Waals surface area (Å²) in [7, 11) is 1.57. The monoisotopic (exact) mass is 139 g/mol. The third kappa shape index (κ3) is 2.76. The second-order valence-corrected chi connectivity index (χ2v) is 1.72. The largest absolute Gasteiger partial charge is 0.323 e. The summed E-state index contributed by atoms with van der Waals surface area (Å²) in [4.78, 5) is 11.4. The molecular weight excluding hydrogens is 134 g/mol. The van der Waals surface area contributed by atoms with Gasteiger partial charge in [-0.3, -0.25) is 4.79 Å². The fourth-order valence-corrected chi connectivity index (χ4v) is 0.314. The fourth-order valence-electron chi connectivity index (χ4n) is 0.0511. The van der Waals surface area contributed by atoms with E-state index in [-0.39, 0.29) is 11.2 Å². The van der Waals surface area contributed by atoms with E-state index >= 15 is 0 Å². The Hall–Kier alpha value is 0.110. The summed E-state index contributed by atoms with van der Waals surface area (Å²) in [6.07, 6.45) is 0. The molecule has 0 saturated heterocycles. The van der Waals surface area contributed by atoms with Crippen molar-refractivity contribution in [2.75, 3.05) is 13.1 Å². The van der Waals surface area contributed by atoms with Gasteiger partial charge in [-0.1, -0.05) is 12.6 Å². The Morgan fingerprint density at radius 1 is 2.00 bits per heavy atom. The number of halogens is 1. The highest BCUT2D eigenvalue weighted by Gasteiger charge is 1.96. The van der Waals surface area contributed by atoms with Crippen molar-refractivity contribution in [3.8, 4) is 0 Å². The van der Waals surface area contributed by atoms with Gasteiger partial charge < -0.3 is 4.90 Å². The second-order valence-electron chi connectivity index (χ2n) is 1.10. The Balaban J connectivity index is 3.34. The highest BCUT2D eigenvalue weighted by molar-refractivity contribution is 7.96. The first-order valence-electron chi connectivity index (χ1n) is 1.68. The number of hydrogen-bond acceptors (Lipinski definition) is 1. The Kier molecular flexibility index (Phi) is 3.21. The lowest BCUT2D eigenvalue weighted by Gasteiger charge is -2.06. The molecule has 0 saturated carbocycles. The summed E-state index contributed by atoms with van der Waals surface area (Å²) in [6.45, 7) is 0. The molecule has 7 heavy (non-hydrogen) atoms. The Labute approximate surface area is 52.8 Å². The van der Waals surface area contributed by atoms with E-state index in [9.17, 15) is 4.79 Å².